The normalized spacial score (nSPS) is 11.2. The van der Waals surface area contributed by atoms with E-state index in [0.29, 0.717) is 6.61 Å². The highest BCUT2D eigenvalue weighted by molar-refractivity contribution is 5.98. The van der Waals surface area contributed by atoms with Crippen LogP contribution in [-0.2, 0) is 11.4 Å². The maximum atomic E-state index is 5.72. The highest BCUT2D eigenvalue weighted by atomic mass is 16.6. The van der Waals surface area contributed by atoms with Crippen molar-refractivity contribution in [2.45, 2.75) is 13.5 Å². The zero-order chi connectivity index (χ0) is 13.5. The van der Waals surface area contributed by atoms with Gasteiger partial charge in [-0.15, -0.1) is 0 Å². The second kappa shape index (κ2) is 6.59. The number of benzene rings is 2. The summed E-state index contributed by atoms with van der Waals surface area (Å²) in [5, 5.41) is 3.89. The van der Waals surface area contributed by atoms with Gasteiger partial charge in [-0.1, -0.05) is 35.5 Å². The van der Waals surface area contributed by atoms with E-state index in [0.717, 1.165) is 22.6 Å². The Hall–Kier alpha value is -2.29. The van der Waals surface area contributed by atoms with Gasteiger partial charge in [0.15, 0.2) is 0 Å². The molecular formula is C16H17NO2. The molecule has 3 nitrogen and oxygen atoms in total. The highest BCUT2D eigenvalue weighted by Crippen LogP contribution is 2.14. The zero-order valence-electron chi connectivity index (χ0n) is 11.2. The van der Waals surface area contributed by atoms with Gasteiger partial charge in [-0.05, 0) is 42.3 Å². The van der Waals surface area contributed by atoms with E-state index in [-0.39, 0.29) is 0 Å². The predicted molar refractivity (Wildman–Crippen MR) is 76.4 cm³/mol. The minimum Gasteiger partial charge on any atom is -0.489 e. The molecule has 0 aliphatic rings. The Morgan fingerprint density at radius 2 is 1.68 bits per heavy atom. The average molecular weight is 255 g/mol. The summed E-state index contributed by atoms with van der Waals surface area (Å²) in [5.74, 6) is 0.845. The molecule has 0 spiro atoms. The molecule has 0 heterocycles. The van der Waals surface area contributed by atoms with Crippen LogP contribution in [0.1, 0.15) is 18.1 Å². The minimum atomic E-state index is 0.575. The molecule has 0 saturated heterocycles. The maximum Gasteiger partial charge on any atom is 0.119 e. The molecule has 0 N–H and O–H groups in total. The summed E-state index contributed by atoms with van der Waals surface area (Å²) >= 11 is 0. The summed E-state index contributed by atoms with van der Waals surface area (Å²) in [6, 6.07) is 17.9. The summed E-state index contributed by atoms with van der Waals surface area (Å²) in [6.07, 6.45) is 0. The van der Waals surface area contributed by atoms with Gasteiger partial charge >= 0.3 is 0 Å². The van der Waals surface area contributed by atoms with E-state index in [1.54, 1.807) is 7.11 Å². The molecule has 0 aliphatic heterocycles. The van der Waals surface area contributed by atoms with Crippen LogP contribution in [0.15, 0.2) is 59.8 Å². The monoisotopic (exact) mass is 255 g/mol. The molecule has 3 heteroatoms. The van der Waals surface area contributed by atoms with Gasteiger partial charge in [0.25, 0.3) is 0 Å². The third-order valence-corrected chi connectivity index (χ3v) is 2.75. The van der Waals surface area contributed by atoms with E-state index in [2.05, 4.69) is 5.16 Å². The molecule has 0 aromatic heterocycles. The van der Waals surface area contributed by atoms with Crippen molar-refractivity contribution in [1.29, 1.82) is 0 Å². The van der Waals surface area contributed by atoms with Gasteiger partial charge in [0.1, 0.15) is 19.5 Å². The number of rotatable bonds is 5. The lowest BCUT2D eigenvalue weighted by Crippen LogP contribution is -1.97. The van der Waals surface area contributed by atoms with Gasteiger partial charge in [0.2, 0.25) is 0 Å². The Kier molecular flexibility index (Phi) is 4.56. The van der Waals surface area contributed by atoms with Crippen LogP contribution in [0.3, 0.4) is 0 Å². The Morgan fingerprint density at radius 3 is 2.32 bits per heavy atom. The second-order valence-electron chi connectivity index (χ2n) is 4.16. The molecule has 2 aromatic carbocycles. The lowest BCUT2D eigenvalue weighted by molar-refractivity contribution is 0.213. The van der Waals surface area contributed by atoms with Crippen molar-refractivity contribution in [3.63, 3.8) is 0 Å². The minimum absolute atomic E-state index is 0.575. The lowest BCUT2D eigenvalue weighted by atomic mass is 10.1. The summed E-state index contributed by atoms with van der Waals surface area (Å²) in [4.78, 5) is 4.75. The molecule has 0 radical (unpaired) electrons. The standard InChI is InChI=1S/C16H17NO2/c1-13(17-18-2)15-8-10-16(11-9-15)19-12-14-6-4-3-5-7-14/h3-11H,12H2,1-2H3/b17-13+. The first-order chi connectivity index (χ1) is 9.29. The third kappa shape index (κ3) is 3.85. The van der Waals surface area contributed by atoms with E-state index in [4.69, 9.17) is 9.57 Å². The van der Waals surface area contributed by atoms with Crippen molar-refractivity contribution >= 4 is 5.71 Å². The van der Waals surface area contributed by atoms with Crippen molar-refractivity contribution in [1.82, 2.24) is 0 Å². The van der Waals surface area contributed by atoms with Crippen LogP contribution in [-0.4, -0.2) is 12.8 Å². The number of oxime groups is 1. The number of hydrogen-bond acceptors (Lipinski definition) is 3. The molecular weight excluding hydrogens is 238 g/mol. The first-order valence-electron chi connectivity index (χ1n) is 6.14. The fourth-order valence-electron chi connectivity index (χ4n) is 1.72. The van der Waals surface area contributed by atoms with Crippen LogP contribution in [0.2, 0.25) is 0 Å². The molecule has 98 valence electrons. The molecule has 2 aromatic rings. The third-order valence-electron chi connectivity index (χ3n) is 2.75. The van der Waals surface area contributed by atoms with Crippen molar-refractivity contribution in [3.8, 4) is 5.75 Å². The van der Waals surface area contributed by atoms with Crippen molar-refractivity contribution in [2.24, 2.45) is 5.16 Å². The molecule has 0 atom stereocenters. The Morgan fingerprint density at radius 1 is 1.00 bits per heavy atom. The Bertz CT molecular complexity index is 532. The molecule has 0 saturated carbocycles. The van der Waals surface area contributed by atoms with E-state index in [9.17, 15) is 0 Å². The fraction of sp³-hybridized carbons (Fsp3) is 0.188. The summed E-state index contributed by atoms with van der Waals surface area (Å²) in [7, 11) is 1.54. The highest BCUT2D eigenvalue weighted by Gasteiger charge is 1.99. The largest absolute Gasteiger partial charge is 0.489 e. The van der Waals surface area contributed by atoms with Crippen molar-refractivity contribution in [3.05, 3.63) is 65.7 Å². The number of nitrogens with zero attached hydrogens (tertiary/aromatic N) is 1. The molecule has 0 amide bonds. The second-order valence-corrected chi connectivity index (χ2v) is 4.16. The Balaban J connectivity index is 1.97. The van der Waals surface area contributed by atoms with Crippen LogP contribution < -0.4 is 4.74 Å². The lowest BCUT2D eigenvalue weighted by Gasteiger charge is -2.07. The number of hydrogen-bond donors (Lipinski definition) is 0. The van der Waals surface area contributed by atoms with Gasteiger partial charge in [0.05, 0.1) is 5.71 Å². The summed E-state index contributed by atoms with van der Waals surface area (Å²) < 4.78 is 5.72. The summed E-state index contributed by atoms with van der Waals surface area (Å²) in [6.45, 7) is 2.48. The zero-order valence-corrected chi connectivity index (χ0v) is 11.2. The molecule has 0 unspecified atom stereocenters. The number of ether oxygens (including phenoxy) is 1. The Labute approximate surface area is 113 Å². The van der Waals surface area contributed by atoms with E-state index < -0.39 is 0 Å². The first-order valence-corrected chi connectivity index (χ1v) is 6.14. The van der Waals surface area contributed by atoms with Crippen molar-refractivity contribution in [2.75, 3.05) is 7.11 Å². The SMILES string of the molecule is CO/N=C(\C)c1ccc(OCc2ccccc2)cc1. The van der Waals surface area contributed by atoms with Crippen molar-refractivity contribution < 1.29 is 9.57 Å². The van der Waals surface area contributed by atoms with E-state index >= 15 is 0 Å². The average Bonchev–Trinajstić information content (AvgIpc) is 2.47. The van der Waals surface area contributed by atoms with Crippen LogP contribution in [0.5, 0.6) is 5.75 Å². The molecule has 0 bridgehead atoms. The maximum absolute atomic E-state index is 5.72. The van der Waals surface area contributed by atoms with Crippen LogP contribution in [0.4, 0.5) is 0 Å². The fourth-order valence-corrected chi connectivity index (χ4v) is 1.72. The predicted octanol–water partition coefficient (Wildman–Crippen LogP) is 3.64. The van der Waals surface area contributed by atoms with Gasteiger partial charge in [-0.2, -0.15) is 0 Å². The van der Waals surface area contributed by atoms with E-state index in [1.807, 2.05) is 61.5 Å². The molecule has 2 rings (SSSR count). The topological polar surface area (TPSA) is 30.8 Å². The molecule has 19 heavy (non-hydrogen) atoms. The quantitative estimate of drug-likeness (QED) is 0.603. The van der Waals surface area contributed by atoms with E-state index in [1.165, 1.54) is 0 Å². The molecule has 0 aliphatic carbocycles. The summed E-state index contributed by atoms with van der Waals surface area (Å²) in [5.41, 5.74) is 3.02. The van der Waals surface area contributed by atoms with Gasteiger partial charge in [-0.25, -0.2) is 0 Å². The smallest absolute Gasteiger partial charge is 0.119 e. The van der Waals surface area contributed by atoms with Gasteiger partial charge in [0, 0.05) is 0 Å². The van der Waals surface area contributed by atoms with Gasteiger partial charge in [-0.3, -0.25) is 0 Å². The first kappa shape index (κ1) is 13.1. The van der Waals surface area contributed by atoms with Crippen LogP contribution >= 0.6 is 0 Å². The van der Waals surface area contributed by atoms with Crippen LogP contribution in [0, 0.1) is 0 Å². The molecule has 0 fully saturated rings. The van der Waals surface area contributed by atoms with Gasteiger partial charge < -0.3 is 9.57 Å². The van der Waals surface area contributed by atoms with Crippen LogP contribution in [0.25, 0.3) is 0 Å².